The van der Waals surface area contributed by atoms with E-state index in [0.717, 1.165) is 12.8 Å². The van der Waals surface area contributed by atoms with Crippen molar-refractivity contribution in [3.05, 3.63) is 12.8 Å². The molecule has 13 heteroatoms. The molecule has 1 saturated heterocycles. The molecule has 0 aromatic carbocycles. The van der Waals surface area contributed by atoms with E-state index in [2.05, 4.69) is 33.5 Å². The number of carbonyl (C=O) groups is 2. The standard InChI is InChI=1S/C17H32N6O5P.Cs/c1-4-18-15(8-5-6-9-19-14(2)24)16(25)20-10-7-11-23-13-12-22(3)17(23)21-29(26,27)28;/h15,18H,1,5-13H2,2-3H3,(H,19,24)(H,20,25)(H2,26,27,28);/q-1;+1/t15-;/m1./s1. The van der Waals surface area contributed by atoms with Crippen molar-refractivity contribution in [1.29, 1.82) is 0 Å². The molecule has 0 radical (unpaired) electrons. The summed E-state index contributed by atoms with van der Waals surface area (Å²) >= 11 is 0. The van der Waals surface area contributed by atoms with Gasteiger partial charge in [-0.15, -0.1) is 4.76 Å². The number of likely N-dealkylation sites (N-methyl/N-ethyl adjacent to an activating group) is 1. The van der Waals surface area contributed by atoms with Crippen molar-refractivity contribution < 1.29 is 92.8 Å². The molecule has 0 aliphatic carbocycles. The molecule has 1 rings (SSSR count). The molecule has 11 nitrogen and oxygen atoms in total. The van der Waals surface area contributed by atoms with Crippen molar-refractivity contribution in [1.82, 2.24) is 25.8 Å². The molecule has 1 aliphatic rings. The summed E-state index contributed by atoms with van der Waals surface area (Å²) in [5.74, 6) is 0.0305. The topological polar surface area (TPSA) is 147 Å². The predicted molar refractivity (Wildman–Crippen MR) is 110 cm³/mol. The van der Waals surface area contributed by atoms with Gasteiger partial charge in [-0.05, 0) is 25.7 Å². The first-order valence-electron chi connectivity index (χ1n) is 9.55. The van der Waals surface area contributed by atoms with E-state index < -0.39 is 13.8 Å². The summed E-state index contributed by atoms with van der Waals surface area (Å²) in [6.45, 7) is 7.71. The molecular formula is C17H32CsN6O5P. The Morgan fingerprint density at radius 1 is 1.23 bits per heavy atom. The summed E-state index contributed by atoms with van der Waals surface area (Å²) in [5, 5.41) is 8.39. The molecular weight excluding hydrogens is 532 g/mol. The summed E-state index contributed by atoms with van der Waals surface area (Å²) in [5.41, 5.74) is 0. The van der Waals surface area contributed by atoms with Crippen molar-refractivity contribution in [2.24, 2.45) is 4.76 Å². The van der Waals surface area contributed by atoms with Gasteiger partial charge < -0.3 is 41.7 Å². The van der Waals surface area contributed by atoms with Crippen LogP contribution in [0.15, 0.2) is 11.3 Å². The summed E-state index contributed by atoms with van der Waals surface area (Å²) < 4.78 is 14.6. The van der Waals surface area contributed by atoms with Crippen molar-refractivity contribution in [3.63, 3.8) is 0 Å². The Balaban J connectivity index is 0.00000841. The number of carbonyl (C=O) groups excluding carboxylic acids is 2. The van der Waals surface area contributed by atoms with E-state index in [1.807, 2.05) is 0 Å². The van der Waals surface area contributed by atoms with Gasteiger partial charge in [-0.1, -0.05) is 0 Å². The van der Waals surface area contributed by atoms with E-state index in [9.17, 15) is 14.2 Å². The van der Waals surface area contributed by atoms with Crippen LogP contribution in [0.1, 0.15) is 32.6 Å². The van der Waals surface area contributed by atoms with Gasteiger partial charge in [0.25, 0.3) is 0 Å². The Hall–Kier alpha value is -0.0481. The molecule has 1 heterocycles. The zero-order chi connectivity index (χ0) is 21.9. The second-order valence-electron chi connectivity index (χ2n) is 6.82. The second-order valence-corrected chi connectivity index (χ2v) is 8.05. The first-order valence-corrected chi connectivity index (χ1v) is 11.1. The van der Waals surface area contributed by atoms with E-state index in [4.69, 9.17) is 9.79 Å². The maximum Gasteiger partial charge on any atom is 1.00 e. The first-order chi connectivity index (χ1) is 13.6. The predicted octanol–water partition coefficient (Wildman–Crippen LogP) is -3.60. The van der Waals surface area contributed by atoms with Crippen molar-refractivity contribution in [3.8, 4) is 0 Å². The number of hydrogen-bond acceptors (Lipinski definition) is 4. The van der Waals surface area contributed by atoms with Gasteiger partial charge in [0.1, 0.15) is 0 Å². The third kappa shape index (κ3) is 12.7. The zero-order valence-electron chi connectivity index (χ0n) is 18.1. The Bertz CT molecular complexity index is 644. The second kappa shape index (κ2) is 15.7. The minimum absolute atomic E-state index is 0. The van der Waals surface area contributed by atoms with E-state index in [-0.39, 0.29) is 86.7 Å². The third-order valence-electron chi connectivity index (χ3n) is 4.34. The monoisotopic (exact) mass is 564 g/mol. The van der Waals surface area contributed by atoms with Crippen LogP contribution in [-0.2, 0) is 14.2 Å². The summed E-state index contributed by atoms with van der Waals surface area (Å²) in [7, 11) is -2.77. The average Bonchev–Trinajstić information content (AvgIpc) is 2.95. The van der Waals surface area contributed by atoms with Crippen LogP contribution in [-0.4, -0.2) is 83.2 Å². The van der Waals surface area contributed by atoms with Crippen LogP contribution in [0.3, 0.4) is 0 Å². The number of rotatable bonds is 13. The number of guanidine groups is 1. The van der Waals surface area contributed by atoms with Gasteiger partial charge in [-0.2, -0.15) is 0 Å². The fraction of sp³-hybridized carbons (Fsp3) is 0.706. The Kier molecular flexibility index (Phi) is 15.7. The Morgan fingerprint density at radius 3 is 2.50 bits per heavy atom. The average molecular weight is 564 g/mol. The van der Waals surface area contributed by atoms with Gasteiger partial charge in [0.2, 0.25) is 17.8 Å². The van der Waals surface area contributed by atoms with E-state index in [1.54, 1.807) is 16.8 Å². The van der Waals surface area contributed by atoms with Crippen LogP contribution in [0.25, 0.3) is 0 Å². The molecule has 2 amide bonds. The quantitative estimate of drug-likeness (QED) is 0.0668. The maximum atomic E-state index is 12.3. The van der Waals surface area contributed by atoms with E-state index in [1.165, 1.54) is 6.92 Å². The molecule has 0 unspecified atom stereocenters. The summed E-state index contributed by atoms with van der Waals surface area (Å²) in [6, 6.07) is -0.450. The van der Waals surface area contributed by atoms with Gasteiger partial charge >= 0.3 is 76.6 Å². The molecule has 0 aromatic rings. The third-order valence-corrected chi connectivity index (χ3v) is 4.78. The first kappa shape index (κ1) is 30.0. The van der Waals surface area contributed by atoms with Crippen molar-refractivity contribution in [2.75, 3.05) is 39.8 Å². The Morgan fingerprint density at radius 2 is 1.90 bits per heavy atom. The molecule has 0 bridgehead atoms. The van der Waals surface area contributed by atoms with Crippen molar-refractivity contribution >= 4 is 25.5 Å². The van der Waals surface area contributed by atoms with Gasteiger partial charge in [-0.3, -0.25) is 16.2 Å². The largest absolute Gasteiger partial charge is 1.00 e. The number of nitrogens with one attached hydrogen (secondary N) is 3. The number of nitrogens with zero attached hydrogens (tertiary/aromatic N) is 3. The maximum absolute atomic E-state index is 12.3. The number of amides is 2. The van der Waals surface area contributed by atoms with Gasteiger partial charge in [0.05, 0.1) is 6.04 Å². The van der Waals surface area contributed by atoms with Crippen molar-refractivity contribution in [2.45, 2.75) is 38.6 Å². The van der Waals surface area contributed by atoms with Crippen LogP contribution in [0, 0.1) is 6.20 Å². The fourth-order valence-corrected chi connectivity index (χ4v) is 3.43. The molecule has 1 fully saturated rings. The Labute approximate surface area is 237 Å². The molecule has 1 aliphatic heterocycles. The molecule has 0 aromatic heterocycles. The van der Waals surface area contributed by atoms with Gasteiger partial charge in [0.15, 0.2) is 0 Å². The summed E-state index contributed by atoms with van der Waals surface area (Å²) in [6.07, 6.45) is 5.26. The number of unbranched alkanes of at least 4 members (excludes halogenated alkanes) is 1. The number of hydrogen-bond donors (Lipinski definition) is 5. The zero-order valence-corrected chi connectivity index (χ0v) is 25.2. The minimum Gasteiger partial charge on any atom is -0.558 e. The summed E-state index contributed by atoms with van der Waals surface area (Å²) in [4.78, 5) is 44.8. The molecule has 5 N–H and O–H groups in total. The smallest absolute Gasteiger partial charge is 0.558 e. The van der Waals surface area contributed by atoms with Crippen LogP contribution in [0.4, 0.5) is 0 Å². The minimum atomic E-state index is -4.50. The fourth-order valence-electron chi connectivity index (χ4n) is 2.91. The van der Waals surface area contributed by atoms with E-state index in [0.29, 0.717) is 45.6 Å². The van der Waals surface area contributed by atoms with Gasteiger partial charge in [-0.25, -0.2) is 4.57 Å². The van der Waals surface area contributed by atoms with E-state index >= 15 is 0 Å². The van der Waals surface area contributed by atoms with Crippen LogP contribution in [0.5, 0.6) is 0 Å². The molecule has 30 heavy (non-hydrogen) atoms. The normalized spacial score (nSPS) is 16.1. The van der Waals surface area contributed by atoms with Crippen LogP contribution in [0.2, 0.25) is 0 Å². The molecule has 1 atom stereocenters. The van der Waals surface area contributed by atoms with Crippen LogP contribution >= 0.6 is 7.75 Å². The SMILES string of the molecule is C=[C-]N[C@H](CCCCNC(C)=O)C(=O)NCCCN1CCN(C)C1=NP(=O)(O)O.[Cs+]. The molecule has 0 saturated carbocycles. The van der Waals surface area contributed by atoms with Crippen LogP contribution < -0.4 is 84.8 Å². The van der Waals surface area contributed by atoms with Gasteiger partial charge in [0, 0.05) is 46.7 Å². The molecule has 0 spiro atoms. The molecule has 166 valence electrons.